The highest BCUT2D eigenvalue weighted by molar-refractivity contribution is 5.78. The molecule has 2 aliphatic rings. The molecule has 2 saturated heterocycles. The first-order chi connectivity index (χ1) is 15.8. The normalized spacial score (nSPS) is 20.2. The van der Waals surface area contributed by atoms with E-state index in [1.807, 2.05) is 21.9 Å². The maximum atomic E-state index is 13.4. The Bertz CT molecular complexity index is 1040. The minimum Gasteiger partial charge on any atom is -0.396 e. The minimum atomic E-state index is -4.62. The molecular formula is C24H25F3N4O2. The lowest BCUT2D eigenvalue weighted by Gasteiger charge is -2.42. The lowest BCUT2D eigenvalue weighted by Crippen LogP contribution is -2.47. The number of rotatable bonds is 4. The number of aliphatic hydroxyl groups is 1. The number of likely N-dealkylation sites (tertiary alicyclic amines) is 1. The predicted molar refractivity (Wildman–Crippen MR) is 115 cm³/mol. The summed E-state index contributed by atoms with van der Waals surface area (Å²) in [6.45, 7) is 1.98. The fourth-order valence-corrected chi connectivity index (χ4v) is 5.10. The zero-order valence-corrected chi connectivity index (χ0v) is 18.1. The average Bonchev–Trinajstić information content (AvgIpc) is 3.17. The molecule has 0 aliphatic carbocycles. The number of alkyl halides is 3. The van der Waals surface area contributed by atoms with Crippen molar-refractivity contribution in [3.05, 3.63) is 59.4 Å². The Morgan fingerprint density at radius 3 is 2.52 bits per heavy atom. The standard InChI is InChI=1S/C24H25F3N4O2/c25-24(26,27)21-12-20(2-1-18(21)13-28)31-14-19(15-32)23(16-31)5-9-30(10-6-23)22(33)11-17-3-7-29-8-4-17/h1-4,7-8,12,19,32H,5-6,9-11,14-16H2. The molecule has 33 heavy (non-hydrogen) atoms. The summed E-state index contributed by atoms with van der Waals surface area (Å²) in [5, 5.41) is 19.1. The third-order valence-corrected chi connectivity index (χ3v) is 7.04. The van der Waals surface area contributed by atoms with Gasteiger partial charge in [0.15, 0.2) is 0 Å². The van der Waals surface area contributed by atoms with Crippen LogP contribution in [0.5, 0.6) is 0 Å². The van der Waals surface area contributed by atoms with E-state index in [1.165, 1.54) is 12.1 Å². The van der Waals surface area contributed by atoms with E-state index in [1.54, 1.807) is 18.5 Å². The smallest absolute Gasteiger partial charge is 0.396 e. The summed E-state index contributed by atoms with van der Waals surface area (Å²) in [7, 11) is 0. The maximum absolute atomic E-state index is 13.4. The van der Waals surface area contributed by atoms with E-state index in [0.29, 0.717) is 51.1 Å². The Morgan fingerprint density at radius 1 is 1.21 bits per heavy atom. The van der Waals surface area contributed by atoms with Gasteiger partial charge in [0.05, 0.1) is 23.6 Å². The molecule has 2 aliphatic heterocycles. The maximum Gasteiger partial charge on any atom is 0.417 e. The molecule has 6 nitrogen and oxygen atoms in total. The molecule has 0 radical (unpaired) electrons. The molecule has 0 saturated carbocycles. The van der Waals surface area contributed by atoms with Gasteiger partial charge in [-0.05, 0) is 54.2 Å². The number of amides is 1. The van der Waals surface area contributed by atoms with Crippen LogP contribution in [0.4, 0.5) is 18.9 Å². The van der Waals surface area contributed by atoms with Crippen LogP contribution in [0.15, 0.2) is 42.7 Å². The van der Waals surface area contributed by atoms with Crippen LogP contribution < -0.4 is 4.90 Å². The topological polar surface area (TPSA) is 80.5 Å². The Hall–Kier alpha value is -3.12. The van der Waals surface area contributed by atoms with Crippen molar-refractivity contribution >= 4 is 11.6 Å². The fourth-order valence-electron chi connectivity index (χ4n) is 5.10. The number of aromatic nitrogens is 1. The summed E-state index contributed by atoms with van der Waals surface area (Å²) in [6, 6.07) is 9.00. The minimum absolute atomic E-state index is 0.0355. The molecule has 4 rings (SSSR count). The first-order valence-electron chi connectivity index (χ1n) is 10.9. The molecule has 2 fully saturated rings. The summed E-state index contributed by atoms with van der Waals surface area (Å²) in [6.07, 6.45) is 0.352. The van der Waals surface area contributed by atoms with E-state index < -0.39 is 17.3 Å². The van der Waals surface area contributed by atoms with Crippen molar-refractivity contribution in [3.63, 3.8) is 0 Å². The van der Waals surface area contributed by atoms with Gasteiger partial charge in [-0.2, -0.15) is 18.4 Å². The van der Waals surface area contributed by atoms with Gasteiger partial charge in [-0.25, -0.2) is 0 Å². The number of anilines is 1. The summed E-state index contributed by atoms with van der Waals surface area (Å²) in [4.78, 5) is 20.4. The van der Waals surface area contributed by atoms with Crippen LogP contribution in [0.2, 0.25) is 0 Å². The number of carbonyl (C=O) groups is 1. The molecule has 3 heterocycles. The van der Waals surface area contributed by atoms with Gasteiger partial charge < -0.3 is 14.9 Å². The number of nitrogens with zero attached hydrogens (tertiary/aromatic N) is 4. The second-order valence-corrected chi connectivity index (χ2v) is 8.87. The van der Waals surface area contributed by atoms with Crippen LogP contribution >= 0.6 is 0 Å². The SMILES string of the molecule is N#Cc1ccc(N2CC(CO)C3(CCN(C(=O)Cc4ccncc4)CC3)C2)cc1C(F)(F)F. The Labute approximate surface area is 190 Å². The van der Waals surface area contributed by atoms with Gasteiger partial charge in [-0.3, -0.25) is 9.78 Å². The molecule has 1 atom stereocenters. The molecule has 2 aromatic rings. The van der Waals surface area contributed by atoms with Crippen LogP contribution in [0.1, 0.15) is 29.5 Å². The highest BCUT2D eigenvalue weighted by atomic mass is 19.4. The molecule has 1 aromatic carbocycles. The second-order valence-electron chi connectivity index (χ2n) is 8.87. The second kappa shape index (κ2) is 9.02. The number of hydrogen-bond donors (Lipinski definition) is 1. The Kier molecular flexibility index (Phi) is 6.30. The van der Waals surface area contributed by atoms with Gasteiger partial charge >= 0.3 is 6.18 Å². The number of carbonyl (C=O) groups excluding carboxylic acids is 1. The van der Waals surface area contributed by atoms with E-state index in [9.17, 15) is 23.1 Å². The molecule has 1 amide bonds. The van der Waals surface area contributed by atoms with E-state index in [-0.39, 0.29) is 23.8 Å². The summed E-state index contributed by atoms with van der Waals surface area (Å²) < 4.78 is 40.3. The number of benzene rings is 1. The van der Waals surface area contributed by atoms with Crippen LogP contribution in [-0.2, 0) is 17.4 Å². The zero-order valence-electron chi connectivity index (χ0n) is 18.1. The Balaban J connectivity index is 1.47. The lowest BCUT2D eigenvalue weighted by atomic mass is 9.71. The number of aliphatic hydroxyl groups excluding tert-OH is 1. The largest absolute Gasteiger partial charge is 0.417 e. The van der Waals surface area contributed by atoms with E-state index >= 15 is 0 Å². The van der Waals surface area contributed by atoms with Crippen LogP contribution in [0, 0.1) is 22.7 Å². The van der Waals surface area contributed by atoms with Crippen molar-refractivity contribution in [3.8, 4) is 6.07 Å². The molecule has 174 valence electrons. The van der Waals surface area contributed by atoms with Crippen molar-refractivity contribution in [1.82, 2.24) is 9.88 Å². The van der Waals surface area contributed by atoms with Crippen molar-refractivity contribution < 1.29 is 23.1 Å². The van der Waals surface area contributed by atoms with Crippen LogP contribution in [0.25, 0.3) is 0 Å². The molecule has 9 heteroatoms. The van der Waals surface area contributed by atoms with Crippen LogP contribution in [0.3, 0.4) is 0 Å². The summed E-state index contributed by atoms with van der Waals surface area (Å²) >= 11 is 0. The quantitative estimate of drug-likeness (QED) is 0.761. The predicted octanol–water partition coefficient (Wildman–Crippen LogP) is 3.25. The first kappa shape index (κ1) is 23.1. The molecule has 1 spiro atoms. The summed E-state index contributed by atoms with van der Waals surface area (Å²) in [5.41, 5.74) is -0.320. The van der Waals surface area contributed by atoms with Gasteiger partial charge in [-0.15, -0.1) is 0 Å². The highest BCUT2D eigenvalue weighted by Gasteiger charge is 2.48. The number of pyridine rings is 1. The van der Waals surface area contributed by atoms with E-state index in [4.69, 9.17) is 5.26 Å². The monoisotopic (exact) mass is 458 g/mol. The van der Waals surface area contributed by atoms with Crippen molar-refractivity contribution in [1.29, 1.82) is 5.26 Å². The zero-order chi connectivity index (χ0) is 23.6. The third-order valence-electron chi connectivity index (χ3n) is 7.04. The molecule has 1 aromatic heterocycles. The van der Waals surface area contributed by atoms with Gasteiger partial charge in [0, 0.05) is 56.8 Å². The number of piperidine rings is 1. The molecule has 1 unspecified atom stereocenters. The van der Waals surface area contributed by atoms with Crippen LogP contribution in [-0.4, -0.2) is 53.7 Å². The highest BCUT2D eigenvalue weighted by Crippen LogP contribution is 2.46. The van der Waals surface area contributed by atoms with E-state index in [0.717, 1.165) is 11.6 Å². The fraction of sp³-hybridized carbons (Fsp3) is 0.458. The van der Waals surface area contributed by atoms with Gasteiger partial charge in [-0.1, -0.05) is 0 Å². The number of nitriles is 1. The average molecular weight is 458 g/mol. The first-order valence-corrected chi connectivity index (χ1v) is 10.9. The Morgan fingerprint density at radius 2 is 1.91 bits per heavy atom. The molecule has 1 N–H and O–H groups in total. The molecule has 0 bridgehead atoms. The van der Waals surface area contributed by atoms with Gasteiger partial charge in [0.1, 0.15) is 0 Å². The molecular weight excluding hydrogens is 433 g/mol. The number of halogens is 3. The van der Waals surface area contributed by atoms with Gasteiger partial charge in [0.2, 0.25) is 5.91 Å². The van der Waals surface area contributed by atoms with Crippen molar-refractivity contribution in [2.75, 3.05) is 37.7 Å². The third kappa shape index (κ3) is 4.67. The lowest BCUT2D eigenvalue weighted by molar-refractivity contribution is -0.137. The summed E-state index contributed by atoms with van der Waals surface area (Å²) in [5.74, 6) is -0.0618. The van der Waals surface area contributed by atoms with Crippen molar-refractivity contribution in [2.45, 2.75) is 25.4 Å². The van der Waals surface area contributed by atoms with Gasteiger partial charge in [0.25, 0.3) is 0 Å². The van der Waals surface area contributed by atoms with E-state index in [2.05, 4.69) is 4.98 Å². The van der Waals surface area contributed by atoms with Crippen molar-refractivity contribution in [2.24, 2.45) is 11.3 Å². The number of hydrogen-bond acceptors (Lipinski definition) is 5.